The molecular weight excluding hydrogens is 290 g/mol. The van der Waals surface area contributed by atoms with Crippen LogP contribution in [0.3, 0.4) is 0 Å². The molecule has 6 heteroatoms. The van der Waals surface area contributed by atoms with Crippen molar-refractivity contribution in [1.82, 2.24) is 4.31 Å². The van der Waals surface area contributed by atoms with Crippen molar-refractivity contribution in [2.75, 3.05) is 12.4 Å². The van der Waals surface area contributed by atoms with Crippen molar-refractivity contribution in [3.63, 3.8) is 0 Å². The van der Waals surface area contributed by atoms with E-state index in [-0.39, 0.29) is 6.04 Å². The summed E-state index contributed by atoms with van der Waals surface area (Å²) in [5.41, 5.74) is 0. The molecule has 1 aromatic rings. The molecule has 1 aromatic heterocycles. The minimum Gasteiger partial charge on any atom is -0.206 e. The third-order valence-electron chi connectivity index (χ3n) is 2.94. The Labute approximate surface area is 118 Å². The molecule has 0 aromatic carbocycles. The van der Waals surface area contributed by atoms with Gasteiger partial charge in [0, 0.05) is 23.3 Å². The van der Waals surface area contributed by atoms with Crippen LogP contribution >= 0.6 is 22.9 Å². The van der Waals surface area contributed by atoms with Crippen LogP contribution in [0, 0.1) is 0 Å². The van der Waals surface area contributed by atoms with E-state index < -0.39 is 10.0 Å². The molecule has 0 spiro atoms. The monoisotopic (exact) mass is 307 g/mol. The van der Waals surface area contributed by atoms with Gasteiger partial charge in [-0.25, -0.2) is 8.42 Å². The number of alkyl halides is 1. The van der Waals surface area contributed by atoms with Crippen molar-refractivity contribution in [3.8, 4) is 0 Å². The lowest BCUT2D eigenvalue weighted by atomic mass is 10.4. The SMILES string of the molecule is CCCN(C1CC1)S(=O)(=O)c1ccc(CCCl)s1. The Kier molecular flexibility index (Phi) is 4.69. The Hall–Kier alpha value is -0.100. The van der Waals surface area contributed by atoms with Crippen LogP contribution in [0.1, 0.15) is 31.1 Å². The van der Waals surface area contributed by atoms with Crippen LogP contribution in [-0.2, 0) is 16.4 Å². The molecule has 0 radical (unpaired) electrons. The Bertz CT molecular complexity index is 494. The van der Waals surface area contributed by atoms with E-state index in [4.69, 9.17) is 11.6 Å². The first-order valence-corrected chi connectivity index (χ1v) is 9.05. The van der Waals surface area contributed by atoms with Gasteiger partial charge in [0.2, 0.25) is 0 Å². The van der Waals surface area contributed by atoms with Crippen molar-refractivity contribution in [2.24, 2.45) is 0 Å². The van der Waals surface area contributed by atoms with Crippen LogP contribution in [0.15, 0.2) is 16.3 Å². The molecule has 0 bridgehead atoms. The zero-order valence-electron chi connectivity index (χ0n) is 10.4. The number of aryl methyl sites for hydroxylation is 1. The average molecular weight is 308 g/mol. The highest BCUT2D eigenvalue weighted by Gasteiger charge is 2.37. The number of nitrogens with zero attached hydrogens (tertiary/aromatic N) is 1. The van der Waals surface area contributed by atoms with Crippen LogP contribution < -0.4 is 0 Å². The van der Waals surface area contributed by atoms with Gasteiger partial charge in [0.25, 0.3) is 10.0 Å². The fourth-order valence-corrected chi connectivity index (χ4v) is 5.50. The lowest BCUT2D eigenvalue weighted by Gasteiger charge is -2.20. The van der Waals surface area contributed by atoms with Crippen LogP contribution in [-0.4, -0.2) is 31.2 Å². The van der Waals surface area contributed by atoms with Crippen molar-refractivity contribution >= 4 is 33.0 Å². The van der Waals surface area contributed by atoms with Gasteiger partial charge < -0.3 is 0 Å². The third-order valence-corrected chi connectivity index (χ3v) is 6.69. The molecule has 1 aliphatic rings. The van der Waals surface area contributed by atoms with Crippen molar-refractivity contribution < 1.29 is 8.42 Å². The zero-order valence-corrected chi connectivity index (χ0v) is 12.8. The molecule has 1 heterocycles. The van der Waals surface area contributed by atoms with Gasteiger partial charge in [0.1, 0.15) is 4.21 Å². The van der Waals surface area contributed by atoms with Gasteiger partial charge in [0.15, 0.2) is 0 Å². The summed E-state index contributed by atoms with van der Waals surface area (Å²) in [7, 11) is -3.29. The molecule has 0 atom stereocenters. The molecule has 0 saturated heterocycles. The quantitative estimate of drug-likeness (QED) is 0.726. The van der Waals surface area contributed by atoms with Crippen LogP contribution in [0.25, 0.3) is 0 Å². The topological polar surface area (TPSA) is 37.4 Å². The van der Waals surface area contributed by atoms with Crippen molar-refractivity contribution in [2.45, 2.75) is 42.9 Å². The number of hydrogen-bond donors (Lipinski definition) is 0. The van der Waals surface area contributed by atoms with Crippen LogP contribution in [0.4, 0.5) is 0 Å². The zero-order chi connectivity index (χ0) is 13.2. The van der Waals surface area contributed by atoms with Gasteiger partial charge >= 0.3 is 0 Å². The Morgan fingerprint density at radius 1 is 1.44 bits per heavy atom. The number of hydrogen-bond acceptors (Lipinski definition) is 3. The fourth-order valence-electron chi connectivity index (χ4n) is 1.92. The van der Waals surface area contributed by atoms with Gasteiger partial charge in [-0.2, -0.15) is 4.31 Å². The predicted molar refractivity (Wildman–Crippen MR) is 75.9 cm³/mol. The lowest BCUT2D eigenvalue weighted by Crippen LogP contribution is -2.33. The minimum atomic E-state index is -3.29. The van der Waals surface area contributed by atoms with Crippen molar-refractivity contribution in [1.29, 1.82) is 0 Å². The number of sulfonamides is 1. The summed E-state index contributed by atoms with van der Waals surface area (Å²) in [6, 6.07) is 3.82. The molecule has 1 fully saturated rings. The minimum absolute atomic E-state index is 0.230. The molecule has 1 aliphatic carbocycles. The van der Waals surface area contributed by atoms with Gasteiger partial charge in [0.05, 0.1) is 0 Å². The first kappa shape index (κ1) is 14.3. The molecular formula is C12H18ClNO2S2. The highest BCUT2D eigenvalue weighted by atomic mass is 35.5. The summed E-state index contributed by atoms with van der Waals surface area (Å²) in [6.45, 7) is 2.63. The molecule has 3 nitrogen and oxygen atoms in total. The van der Waals surface area contributed by atoms with E-state index >= 15 is 0 Å². The number of thiophene rings is 1. The Morgan fingerprint density at radius 3 is 2.72 bits per heavy atom. The third kappa shape index (κ3) is 3.07. The molecule has 0 N–H and O–H groups in total. The summed E-state index contributed by atoms with van der Waals surface area (Å²) in [5, 5.41) is 0. The first-order valence-electron chi connectivity index (χ1n) is 6.26. The van der Waals surface area contributed by atoms with E-state index in [0.717, 1.165) is 30.6 Å². The van der Waals surface area contributed by atoms with Gasteiger partial charge in [-0.3, -0.25) is 0 Å². The van der Waals surface area contributed by atoms with Gasteiger partial charge in [-0.15, -0.1) is 22.9 Å². The normalized spacial score (nSPS) is 16.4. The first-order chi connectivity index (χ1) is 8.59. The smallest absolute Gasteiger partial charge is 0.206 e. The van der Waals surface area contributed by atoms with E-state index in [1.54, 1.807) is 10.4 Å². The number of rotatable bonds is 7. The van der Waals surface area contributed by atoms with E-state index in [0.29, 0.717) is 16.6 Å². The number of halogens is 1. The van der Waals surface area contributed by atoms with Crippen LogP contribution in [0.2, 0.25) is 0 Å². The van der Waals surface area contributed by atoms with E-state index in [1.165, 1.54) is 11.3 Å². The van der Waals surface area contributed by atoms with Crippen molar-refractivity contribution in [3.05, 3.63) is 17.0 Å². The summed E-state index contributed by atoms with van der Waals surface area (Å²) >= 11 is 7.03. The highest BCUT2D eigenvalue weighted by molar-refractivity contribution is 7.91. The van der Waals surface area contributed by atoms with E-state index in [2.05, 4.69) is 0 Å². The van der Waals surface area contributed by atoms with Crippen LogP contribution in [0.5, 0.6) is 0 Å². The summed E-state index contributed by atoms with van der Waals surface area (Å²) < 4.78 is 27.2. The lowest BCUT2D eigenvalue weighted by molar-refractivity contribution is 0.404. The summed E-state index contributed by atoms with van der Waals surface area (Å²) in [4.78, 5) is 1.04. The summed E-state index contributed by atoms with van der Waals surface area (Å²) in [6.07, 6.45) is 3.59. The molecule has 18 heavy (non-hydrogen) atoms. The Balaban J connectivity index is 2.21. The fraction of sp³-hybridized carbons (Fsp3) is 0.667. The van der Waals surface area contributed by atoms with E-state index in [1.807, 2.05) is 13.0 Å². The molecule has 0 amide bonds. The maximum atomic E-state index is 12.5. The molecule has 102 valence electrons. The van der Waals surface area contributed by atoms with E-state index in [9.17, 15) is 8.42 Å². The van der Waals surface area contributed by atoms with Gasteiger partial charge in [-0.1, -0.05) is 6.92 Å². The standard InChI is InChI=1S/C12H18ClNO2S2/c1-2-9-14(10-3-4-10)18(15,16)12-6-5-11(17-12)7-8-13/h5-6,10H,2-4,7-9H2,1H3. The maximum Gasteiger partial charge on any atom is 0.252 e. The van der Waals surface area contributed by atoms with Gasteiger partial charge in [-0.05, 0) is 37.8 Å². The Morgan fingerprint density at radius 2 is 2.17 bits per heavy atom. The highest BCUT2D eigenvalue weighted by Crippen LogP contribution is 2.34. The predicted octanol–water partition coefficient (Wildman–Crippen LogP) is 3.09. The molecule has 0 unspecified atom stereocenters. The molecule has 1 saturated carbocycles. The second-order valence-corrected chi connectivity index (χ2v) is 8.17. The molecule has 0 aliphatic heterocycles. The average Bonchev–Trinajstić information content (AvgIpc) is 3.05. The second kappa shape index (κ2) is 5.90. The summed E-state index contributed by atoms with van der Waals surface area (Å²) in [5.74, 6) is 0.529. The maximum absolute atomic E-state index is 12.5. The largest absolute Gasteiger partial charge is 0.252 e. The second-order valence-electron chi connectivity index (χ2n) is 4.51. The molecule has 2 rings (SSSR count).